The lowest BCUT2D eigenvalue weighted by Crippen LogP contribution is -2.50. The lowest BCUT2D eigenvalue weighted by Gasteiger charge is -2.38. The Balaban J connectivity index is 1.26. The summed E-state index contributed by atoms with van der Waals surface area (Å²) in [6, 6.07) is 11.1. The Morgan fingerprint density at radius 3 is 2.41 bits per heavy atom. The van der Waals surface area contributed by atoms with Crippen molar-refractivity contribution in [3.05, 3.63) is 47.1 Å². The van der Waals surface area contributed by atoms with E-state index < -0.39 is 12.7 Å². The Bertz CT molecular complexity index is 814. The van der Waals surface area contributed by atoms with Crippen LogP contribution in [0.15, 0.2) is 36.4 Å². The Hall–Kier alpha value is -1.48. The summed E-state index contributed by atoms with van der Waals surface area (Å²) in [5.41, 5.74) is 0.637. The number of alkyl halides is 3. The van der Waals surface area contributed by atoms with E-state index in [-0.39, 0.29) is 11.9 Å². The van der Waals surface area contributed by atoms with Crippen LogP contribution in [0.3, 0.4) is 0 Å². The molecule has 8 heteroatoms. The quantitative estimate of drug-likeness (QED) is 0.659. The van der Waals surface area contributed by atoms with Crippen LogP contribution in [0, 0.1) is 5.82 Å². The summed E-state index contributed by atoms with van der Waals surface area (Å²) in [4.78, 5) is 8.37. The molecule has 2 fully saturated rings. The molecule has 2 aromatic rings. The highest BCUT2D eigenvalue weighted by molar-refractivity contribution is 7.15. The van der Waals surface area contributed by atoms with Crippen molar-refractivity contribution in [1.29, 1.82) is 0 Å². The van der Waals surface area contributed by atoms with E-state index in [0.29, 0.717) is 18.7 Å². The van der Waals surface area contributed by atoms with Crippen LogP contribution in [0.4, 0.5) is 17.6 Å². The summed E-state index contributed by atoms with van der Waals surface area (Å²) in [6.45, 7) is 4.65. The normalized spacial score (nSPS) is 22.4. The first kappa shape index (κ1) is 20.8. The molecule has 0 saturated carbocycles. The maximum absolute atomic E-state index is 14.0. The Labute approximate surface area is 172 Å². The van der Waals surface area contributed by atoms with E-state index in [2.05, 4.69) is 15.9 Å². The van der Waals surface area contributed by atoms with E-state index in [9.17, 15) is 17.6 Å². The van der Waals surface area contributed by atoms with Crippen molar-refractivity contribution in [3.63, 3.8) is 0 Å². The van der Waals surface area contributed by atoms with Gasteiger partial charge in [-0.25, -0.2) is 4.39 Å². The maximum atomic E-state index is 14.0. The monoisotopic (exact) mass is 427 g/mol. The minimum Gasteiger partial charge on any atom is -0.297 e. The van der Waals surface area contributed by atoms with Gasteiger partial charge in [0.1, 0.15) is 5.82 Å². The number of nitrogens with zero attached hydrogens (tertiary/aromatic N) is 3. The van der Waals surface area contributed by atoms with Gasteiger partial charge < -0.3 is 0 Å². The number of piperazine rings is 1. The molecular weight excluding hydrogens is 402 g/mol. The molecule has 0 spiro atoms. The van der Waals surface area contributed by atoms with E-state index in [0.717, 1.165) is 44.0 Å². The molecule has 2 aliphatic rings. The van der Waals surface area contributed by atoms with Crippen LogP contribution in [0.25, 0.3) is 10.4 Å². The first-order chi connectivity index (χ1) is 13.9. The number of benzene rings is 1. The highest BCUT2D eigenvalue weighted by Gasteiger charge is 2.36. The third-order valence-electron chi connectivity index (χ3n) is 5.75. The highest BCUT2D eigenvalue weighted by atomic mass is 32.1. The van der Waals surface area contributed by atoms with Gasteiger partial charge in [-0.05, 0) is 24.6 Å². The second-order valence-electron chi connectivity index (χ2n) is 7.85. The van der Waals surface area contributed by atoms with Crippen LogP contribution in [0.1, 0.15) is 11.3 Å². The van der Waals surface area contributed by atoms with Crippen molar-refractivity contribution in [1.82, 2.24) is 14.7 Å². The lowest BCUT2D eigenvalue weighted by molar-refractivity contribution is -0.144. The molecule has 0 N–H and O–H groups in total. The molecule has 1 aromatic carbocycles. The first-order valence-electron chi connectivity index (χ1n) is 9.96. The second kappa shape index (κ2) is 8.71. The van der Waals surface area contributed by atoms with E-state index in [1.807, 2.05) is 12.1 Å². The van der Waals surface area contributed by atoms with Crippen molar-refractivity contribution < 1.29 is 17.6 Å². The van der Waals surface area contributed by atoms with Gasteiger partial charge in [0.15, 0.2) is 0 Å². The Kier molecular flexibility index (Phi) is 6.24. The van der Waals surface area contributed by atoms with Crippen LogP contribution in [0.2, 0.25) is 0 Å². The van der Waals surface area contributed by atoms with Gasteiger partial charge in [-0.1, -0.05) is 18.2 Å². The third-order valence-corrected chi connectivity index (χ3v) is 6.86. The van der Waals surface area contributed by atoms with Gasteiger partial charge in [0.05, 0.1) is 6.54 Å². The zero-order valence-corrected chi connectivity index (χ0v) is 17.0. The first-order valence-corrected chi connectivity index (χ1v) is 10.8. The number of hydrogen-bond donors (Lipinski definition) is 0. The van der Waals surface area contributed by atoms with Crippen molar-refractivity contribution in [2.45, 2.75) is 25.2 Å². The predicted molar refractivity (Wildman–Crippen MR) is 107 cm³/mol. The van der Waals surface area contributed by atoms with Crippen LogP contribution < -0.4 is 0 Å². The summed E-state index contributed by atoms with van der Waals surface area (Å²) in [5.74, 6) is -0.203. The molecule has 0 aliphatic carbocycles. The van der Waals surface area contributed by atoms with Gasteiger partial charge >= 0.3 is 6.18 Å². The minimum atomic E-state index is -4.12. The van der Waals surface area contributed by atoms with E-state index in [1.54, 1.807) is 23.5 Å². The topological polar surface area (TPSA) is 9.72 Å². The van der Waals surface area contributed by atoms with Crippen LogP contribution in [-0.4, -0.2) is 72.7 Å². The number of rotatable bonds is 5. The molecular formula is C21H25F4N3S. The lowest BCUT2D eigenvalue weighted by atomic mass is 10.2. The number of likely N-dealkylation sites (tertiary alicyclic amines) is 1. The van der Waals surface area contributed by atoms with Crippen LogP contribution >= 0.6 is 11.3 Å². The molecule has 0 unspecified atom stereocenters. The standard InChI is InChI=1S/C21H25F4N3S/c22-19-4-2-1-3-18(19)20-6-5-17(29-20)14-26-9-11-28(12-10-26)16-7-8-27(13-16)15-21(23,24)25/h1-6,16H,7-15H2/t16-/m1/s1. The summed E-state index contributed by atoms with van der Waals surface area (Å²) in [7, 11) is 0. The molecule has 3 nitrogen and oxygen atoms in total. The van der Waals surface area contributed by atoms with Gasteiger partial charge in [0.25, 0.3) is 0 Å². The zero-order valence-electron chi connectivity index (χ0n) is 16.2. The maximum Gasteiger partial charge on any atom is 0.401 e. The summed E-state index contributed by atoms with van der Waals surface area (Å²) >= 11 is 1.62. The fraction of sp³-hybridized carbons (Fsp3) is 0.524. The molecule has 0 bridgehead atoms. The van der Waals surface area contributed by atoms with Crippen molar-refractivity contribution in [2.24, 2.45) is 0 Å². The average molecular weight is 428 g/mol. The Morgan fingerprint density at radius 1 is 0.931 bits per heavy atom. The summed E-state index contributed by atoms with van der Waals surface area (Å²) < 4.78 is 51.7. The predicted octanol–water partition coefficient (Wildman–Crippen LogP) is 4.31. The molecule has 3 heterocycles. The third kappa shape index (κ3) is 5.36. The number of hydrogen-bond acceptors (Lipinski definition) is 4. The molecule has 158 valence electrons. The van der Waals surface area contributed by atoms with E-state index in [1.165, 1.54) is 15.8 Å². The van der Waals surface area contributed by atoms with E-state index in [4.69, 9.17) is 0 Å². The Morgan fingerprint density at radius 2 is 1.69 bits per heavy atom. The van der Waals surface area contributed by atoms with Gasteiger partial charge in [-0.2, -0.15) is 13.2 Å². The molecule has 2 aliphatic heterocycles. The molecule has 29 heavy (non-hydrogen) atoms. The fourth-order valence-corrected chi connectivity index (χ4v) is 5.36. The van der Waals surface area contributed by atoms with Gasteiger partial charge in [-0.15, -0.1) is 11.3 Å². The SMILES string of the molecule is Fc1ccccc1-c1ccc(CN2CCN([C@@H]3CCN(CC(F)(F)F)C3)CC2)s1. The van der Waals surface area contributed by atoms with Gasteiger partial charge in [-0.3, -0.25) is 14.7 Å². The van der Waals surface area contributed by atoms with Crippen LogP contribution in [0.5, 0.6) is 0 Å². The highest BCUT2D eigenvalue weighted by Crippen LogP contribution is 2.31. The van der Waals surface area contributed by atoms with Crippen LogP contribution in [-0.2, 0) is 6.54 Å². The molecule has 4 rings (SSSR count). The minimum absolute atomic E-state index is 0.203. The zero-order chi connectivity index (χ0) is 20.4. The molecule has 1 atom stereocenters. The molecule has 0 radical (unpaired) electrons. The number of thiophene rings is 1. The molecule has 0 amide bonds. The average Bonchev–Trinajstić information content (AvgIpc) is 3.31. The smallest absolute Gasteiger partial charge is 0.297 e. The van der Waals surface area contributed by atoms with Gasteiger partial charge in [0.2, 0.25) is 0 Å². The van der Waals surface area contributed by atoms with E-state index >= 15 is 0 Å². The molecule has 2 saturated heterocycles. The number of halogens is 4. The van der Waals surface area contributed by atoms with Crippen molar-refractivity contribution in [2.75, 3.05) is 45.8 Å². The molecule has 1 aromatic heterocycles. The van der Waals surface area contributed by atoms with Gasteiger partial charge in [0, 0.05) is 67.2 Å². The summed E-state index contributed by atoms with van der Waals surface area (Å²) in [5, 5.41) is 0. The van der Waals surface area contributed by atoms with Crippen molar-refractivity contribution in [3.8, 4) is 10.4 Å². The second-order valence-corrected chi connectivity index (χ2v) is 9.02. The van der Waals surface area contributed by atoms with Crippen molar-refractivity contribution >= 4 is 11.3 Å². The summed E-state index contributed by atoms with van der Waals surface area (Å²) in [6.07, 6.45) is -3.30. The largest absolute Gasteiger partial charge is 0.401 e. The fourth-order valence-electron chi connectivity index (χ4n) is 4.28.